The molecule has 2 unspecified atom stereocenters. The van der Waals surface area contributed by atoms with E-state index in [1.165, 1.54) is 44.3 Å². The van der Waals surface area contributed by atoms with Gasteiger partial charge in [-0.25, -0.2) is 0 Å². The van der Waals surface area contributed by atoms with Crippen molar-refractivity contribution in [2.75, 3.05) is 19.6 Å². The van der Waals surface area contributed by atoms with Gasteiger partial charge in [0, 0.05) is 30.4 Å². The Morgan fingerprint density at radius 2 is 2.10 bits per heavy atom. The fourth-order valence-electron chi connectivity index (χ4n) is 3.80. The standard InChI is InChI=1S/C17H27N3O/c1-13(12-20-10-3-2-4-11-20)18-15-6-5-7-16-14(15)8-9-17(21)19-16/h8-9,13,15,18H,2-7,10-12H2,1H3,(H,19,21). The fraction of sp³-hybridized carbons (Fsp3) is 0.706. The molecule has 0 spiro atoms. The van der Waals surface area contributed by atoms with E-state index in [-0.39, 0.29) is 5.56 Å². The van der Waals surface area contributed by atoms with E-state index in [4.69, 9.17) is 0 Å². The van der Waals surface area contributed by atoms with Crippen LogP contribution in [-0.2, 0) is 6.42 Å². The van der Waals surface area contributed by atoms with Gasteiger partial charge in [0.25, 0.3) is 0 Å². The van der Waals surface area contributed by atoms with Crippen molar-refractivity contribution in [1.82, 2.24) is 15.2 Å². The minimum atomic E-state index is 0.0239. The highest BCUT2D eigenvalue weighted by atomic mass is 16.1. The molecule has 0 amide bonds. The predicted octanol–water partition coefficient (Wildman–Crippen LogP) is 2.22. The van der Waals surface area contributed by atoms with Gasteiger partial charge in [0.2, 0.25) is 5.56 Å². The molecule has 1 aliphatic carbocycles. The number of aromatic nitrogens is 1. The van der Waals surface area contributed by atoms with E-state index in [0.29, 0.717) is 12.1 Å². The van der Waals surface area contributed by atoms with Crippen molar-refractivity contribution < 1.29 is 0 Å². The summed E-state index contributed by atoms with van der Waals surface area (Å²) in [5, 5.41) is 3.78. The molecule has 116 valence electrons. The Hall–Kier alpha value is -1.13. The van der Waals surface area contributed by atoms with Crippen molar-refractivity contribution in [2.45, 2.75) is 57.5 Å². The van der Waals surface area contributed by atoms with Crippen molar-refractivity contribution in [1.29, 1.82) is 0 Å². The van der Waals surface area contributed by atoms with Gasteiger partial charge in [0.05, 0.1) is 0 Å². The van der Waals surface area contributed by atoms with Crippen LogP contribution >= 0.6 is 0 Å². The Morgan fingerprint density at radius 1 is 1.29 bits per heavy atom. The van der Waals surface area contributed by atoms with Crippen LogP contribution in [0.4, 0.5) is 0 Å². The normalized spacial score (nSPS) is 24.5. The number of aromatic amines is 1. The molecule has 2 heterocycles. The van der Waals surface area contributed by atoms with Gasteiger partial charge >= 0.3 is 0 Å². The zero-order chi connectivity index (χ0) is 14.7. The van der Waals surface area contributed by atoms with Crippen LogP contribution in [0.2, 0.25) is 0 Å². The minimum absolute atomic E-state index is 0.0239. The Kier molecular flexibility index (Phi) is 4.76. The number of H-pyrrole nitrogens is 1. The molecule has 1 aromatic heterocycles. The van der Waals surface area contributed by atoms with Gasteiger partial charge in [-0.2, -0.15) is 0 Å². The van der Waals surface area contributed by atoms with Crippen LogP contribution < -0.4 is 10.9 Å². The summed E-state index contributed by atoms with van der Waals surface area (Å²) in [6.07, 6.45) is 7.41. The lowest BCUT2D eigenvalue weighted by Gasteiger charge is -2.33. The summed E-state index contributed by atoms with van der Waals surface area (Å²) in [5.74, 6) is 0. The lowest BCUT2D eigenvalue weighted by molar-refractivity contribution is 0.202. The van der Waals surface area contributed by atoms with Gasteiger partial charge in [-0.3, -0.25) is 4.79 Å². The minimum Gasteiger partial charge on any atom is -0.326 e. The van der Waals surface area contributed by atoms with Crippen molar-refractivity contribution in [2.24, 2.45) is 0 Å². The molecule has 0 radical (unpaired) electrons. The summed E-state index contributed by atoms with van der Waals surface area (Å²) >= 11 is 0. The molecule has 3 rings (SSSR count). The van der Waals surface area contributed by atoms with E-state index in [1.807, 2.05) is 6.07 Å². The van der Waals surface area contributed by atoms with Crippen LogP contribution in [0.25, 0.3) is 0 Å². The molecule has 1 fully saturated rings. The van der Waals surface area contributed by atoms with Crippen LogP contribution in [0.5, 0.6) is 0 Å². The van der Waals surface area contributed by atoms with Gasteiger partial charge in [-0.1, -0.05) is 12.5 Å². The maximum atomic E-state index is 11.5. The smallest absolute Gasteiger partial charge is 0.248 e. The summed E-state index contributed by atoms with van der Waals surface area (Å²) in [4.78, 5) is 17.0. The number of rotatable bonds is 4. The van der Waals surface area contributed by atoms with Gasteiger partial charge in [-0.15, -0.1) is 0 Å². The monoisotopic (exact) mass is 289 g/mol. The summed E-state index contributed by atoms with van der Waals surface area (Å²) in [7, 11) is 0. The molecule has 0 saturated carbocycles. The van der Waals surface area contributed by atoms with E-state index in [2.05, 4.69) is 22.1 Å². The first-order chi connectivity index (χ1) is 10.2. The second-order valence-electron chi connectivity index (χ2n) is 6.63. The van der Waals surface area contributed by atoms with E-state index >= 15 is 0 Å². The Labute approximate surface area is 126 Å². The maximum absolute atomic E-state index is 11.5. The zero-order valence-corrected chi connectivity index (χ0v) is 13.0. The molecule has 4 heteroatoms. The Balaban J connectivity index is 1.61. The topological polar surface area (TPSA) is 48.1 Å². The maximum Gasteiger partial charge on any atom is 0.248 e. The van der Waals surface area contributed by atoms with E-state index in [0.717, 1.165) is 25.1 Å². The van der Waals surface area contributed by atoms with Crippen molar-refractivity contribution in [3.63, 3.8) is 0 Å². The van der Waals surface area contributed by atoms with Crippen LogP contribution in [0.3, 0.4) is 0 Å². The SMILES string of the molecule is CC(CN1CCCCC1)NC1CCCc2[nH]c(=O)ccc21. The van der Waals surface area contributed by atoms with Crippen molar-refractivity contribution in [3.8, 4) is 0 Å². The largest absolute Gasteiger partial charge is 0.326 e. The quantitative estimate of drug-likeness (QED) is 0.893. The molecule has 0 bridgehead atoms. The highest BCUT2D eigenvalue weighted by Crippen LogP contribution is 2.28. The first-order valence-corrected chi connectivity index (χ1v) is 8.43. The molecule has 21 heavy (non-hydrogen) atoms. The van der Waals surface area contributed by atoms with Gasteiger partial charge in [0.1, 0.15) is 0 Å². The van der Waals surface area contributed by atoms with Gasteiger partial charge < -0.3 is 15.2 Å². The Morgan fingerprint density at radius 3 is 2.90 bits per heavy atom. The van der Waals surface area contributed by atoms with Crippen molar-refractivity contribution >= 4 is 0 Å². The van der Waals surface area contributed by atoms with E-state index in [1.54, 1.807) is 6.07 Å². The molecular formula is C17H27N3O. The van der Waals surface area contributed by atoms with Crippen LogP contribution in [0, 0.1) is 0 Å². The zero-order valence-electron chi connectivity index (χ0n) is 13.0. The third-order valence-corrected chi connectivity index (χ3v) is 4.80. The molecule has 2 aliphatic rings. The number of fused-ring (bicyclic) bond motifs is 1. The highest BCUT2D eigenvalue weighted by molar-refractivity contribution is 5.26. The second-order valence-corrected chi connectivity index (χ2v) is 6.63. The van der Waals surface area contributed by atoms with Crippen LogP contribution in [0.1, 0.15) is 56.3 Å². The average Bonchev–Trinajstić information content (AvgIpc) is 2.48. The molecule has 1 saturated heterocycles. The first-order valence-electron chi connectivity index (χ1n) is 8.43. The number of aryl methyl sites for hydroxylation is 1. The molecule has 4 nitrogen and oxygen atoms in total. The second kappa shape index (κ2) is 6.75. The molecule has 1 aromatic rings. The summed E-state index contributed by atoms with van der Waals surface area (Å²) in [5.41, 5.74) is 2.46. The highest BCUT2D eigenvalue weighted by Gasteiger charge is 2.23. The fourth-order valence-corrected chi connectivity index (χ4v) is 3.80. The van der Waals surface area contributed by atoms with Gasteiger partial charge in [0.15, 0.2) is 0 Å². The predicted molar refractivity (Wildman–Crippen MR) is 85.6 cm³/mol. The molecule has 2 atom stereocenters. The third kappa shape index (κ3) is 3.74. The summed E-state index contributed by atoms with van der Waals surface area (Å²) < 4.78 is 0. The van der Waals surface area contributed by atoms with Crippen molar-refractivity contribution in [3.05, 3.63) is 33.7 Å². The summed E-state index contributed by atoms with van der Waals surface area (Å²) in [6.45, 7) is 5.92. The van der Waals surface area contributed by atoms with Gasteiger partial charge in [-0.05, 0) is 57.7 Å². The number of hydrogen-bond donors (Lipinski definition) is 2. The Bertz CT molecular complexity index is 519. The molecule has 0 aromatic carbocycles. The average molecular weight is 289 g/mol. The first kappa shape index (κ1) is 14.8. The lowest BCUT2D eigenvalue weighted by atomic mass is 9.91. The number of likely N-dealkylation sites (tertiary alicyclic amines) is 1. The number of pyridine rings is 1. The third-order valence-electron chi connectivity index (χ3n) is 4.80. The van der Waals surface area contributed by atoms with E-state index in [9.17, 15) is 4.79 Å². The number of hydrogen-bond acceptors (Lipinski definition) is 3. The molecule has 1 aliphatic heterocycles. The molecule has 2 N–H and O–H groups in total. The number of nitrogens with zero attached hydrogens (tertiary/aromatic N) is 1. The lowest BCUT2D eigenvalue weighted by Crippen LogP contribution is -2.43. The van der Waals surface area contributed by atoms with Crippen LogP contribution in [-0.4, -0.2) is 35.6 Å². The van der Waals surface area contributed by atoms with E-state index < -0.39 is 0 Å². The van der Waals surface area contributed by atoms with Crippen LogP contribution in [0.15, 0.2) is 16.9 Å². The summed E-state index contributed by atoms with van der Waals surface area (Å²) in [6, 6.07) is 4.56. The number of piperidine rings is 1. The number of nitrogens with one attached hydrogen (secondary N) is 2. The molecular weight excluding hydrogens is 262 g/mol.